The lowest BCUT2D eigenvalue weighted by molar-refractivity contribution is 0.305. The van der Waals surface area contributed by atoms with Gasteiger partial charge in [0.2, 0.25) is 0 Å². The number of hydrogen-bond acceptors (Lipinski definition) is 4. The molecule has 0 aliphatic rings. The number of aromatic amines is 1. The number of H-pyrrole nitrogens is 1. The van der Waals surface area contributed by atoms with E-state index < -0.39 is 0 Å². The SMILES string of the molecule is Clc1ccc(-c2ccc(COc3ccc(CCCCc4cn[nH]n4)cc3)cn2)cc1. The highest BCUT2D eigenvalue weighted by Gasteiger charge is 2.02. The highest BCUT2D eigenvalue weighted by Crippen LogP contribution is 2.20. The van der Waals surface area contributed by atoms with Crippen LogP contribution in [-0.4, -0.2) is 20.4 Å². The van der Waals surface area contributed by atoms with E-state index in [0.717, 1.165) is 59.0 Å². The fraction of sp³-hybridized carbons (Fsp3) is 0.208. The first-order valence-corrected chi connectivity index (χ1v) is 10.4. The number of hydrogen-bond donors (Lipinski definition) is 1. The van der Waals surface area contributed by atoms with E-state index >= 15 is 0 Å². The normalized spacial score (nSPS) is 10.8. The van der Waals surface area contributed by atoms with Gasteiger partial charge in [-0.05, 0) is 61.6 Å². The van der Waals surface area contributed by atoms with E-state index in [1.807, 2.05) is 54.7 Å². The van der Waals surface area contributed by atoms with Crippen LogP contribution >= 0.6 is 11.6 Å². The fourth-order valence-electron chi connectivity index (χ4n) is 3.20. The number of aromatic nitrogens is 4. The van der Waals surface area contributed by atoms with Crippen LogP contribution in [0.3, 0.4) is 0 Å². The van der Waals surface area contributed by atoms with Crippen LogP contribution in [0.25, 0.3) is 11.3 Å². The second-order valence-corrected chi connectivity index (χ2v) is 7.60. The number of halogens is 1. The largest absolute Gasteiger partial charge is 0.489 e. The van der Waals surface area contributed by atoms with E-state index in [0.29, 0.717) is 6.61 Å². The predicted molar refractivity (Wildman–Crippen MR) is 118 cm³/mol. The number of nitrogens with zero attached hydrogens (tertiary/aromatic N) is 3. The Morgan fingerprint density at radius 3 is 2.27 bits per heavy atom. The standard InChI is InChI=1S/C24H23ClN4O/c25-21-10-8-20(9-11-21)24-14-7-19(15-26-24)17-30-23-12-5-18(6-13-23)3-1-2-4-22-16-27-29-28-22/h5-16H,1-4,17H2,(H,27,28,29). The van der Waals surface area contributed by atoms with Crippen LogP contribution in [0, 0.1) is 0 Å². The van der Waals surface area contributed by atoms with Crippen molar-refractivity contribution in [3.8, 4) is 17.0 Å². The predicted octanol–water partition coefficient (Wildman–Crippen LogP) is 5.66. The molecular formula is C24H23ClN4O. The van der Waals surface area contributed by atoms with Gasteiger partial charge in [0.15, 0.2) is 0 Å². The smallest absolute Gasteiger partial charge is 0.119 e. The van der Waals surface area contributed by atoms with Gasteiger partial charge >= 0.3 is 0 Å². The Labute approximate surface area is 181 Å². The van der Waals surface area contributed by atoms with Gasteiger partial charge < -0.3 is 4.74 Å². The van der Waals surface area contributed by atoms with Gasteiger partial charge in [-0.1, -0.05) is 41.9 Å². The average Bonchev–Trinajstić information content (AvgIpc) is 3.31. The molecule has 0 bridgehead atoms. The van der Waals surface area contributed by atoms with Crippen molar-refractivity contribution in [1.29, 1.82) is 0 Å². The van der Waals surface area contributed by atoms with Gasteiger partial charge in [0.05, 0.1) is 17.6 Å². The minimum Gasteiger partial charge on any atom is -0.489 e. The summed E-state index contributed by atoms with van der Waals surface area (Å²) < 4.78 is 5.91. The van der Waals surface area contributed by atoms with E-state index in [1.54, 1.807) is 6.20 Å². The van der Waals surface area contributed by atoms with E-state index in [-0.39, 0.29) is 0 Å². The van der Waals surface area contributed by atoms with Crippen LogP contribution in [-0.2, 0) is 19.4 Å². The molecule has 0 amide bonds. The van der Waals surface area contributed by atoms with Crippen molar-refractivity contribution in [2.75, 3.05) is 0 Å². The van der Waals surface area contributed by atoms with Gasteiger partial charge in [0, 0.05) is 22.3 Å². The third kappa shape index (κ3) is 5.67. The summed E-state index contributed by atoms with van der Waals surface area (Å²) in [5.41, 5.74) is 5.34. The topological polar surface area (TPSA) is 63.7 Å². The second kappa shape index (κ2) is 10.0. The maximum absolute atomic E-state index is 5.94. The molecule has 4 rings (SSSR count). The Morgan fingerprint density at radius 1 is 0.800 bits per heavy atom. The van der Waals surface area contributed by atoms with Crippen molar-refractivity contribution >= 4 is 11.6 Å². The van der Waals surface area contributed by atoms with Crippen molar-refractivity contribution in [3.05, 3.63) is 94.9 Å². The van der Waals surface area contributed by atoms with E-state index in [2.05, 4.69) is 32.5 Å². The molecule has 0 spiro atoms. The van der Waals surface area contributed by atoms with Crippen LogP contribution in [0.15, 0.2) is 73.1 Å². The third-order valence-electron chi connectivity index (χ3n) is 4.91. The van der Waals surface area contributed by atoms with Gasteiger partial charge in [-0.25, -0.2) is 0 Å². The Bertz CT molecular complexity index is 1030. The van der Waals surface area contributed by atoms with Gasteiger partial charge in [-0.2, -0.15) is 15.4 Å². The lowest BCUT2D eigenvalue weighted by atomic mass is 10.1. The first-order chi connectivity index (χ1) is 14.8. The van der Waals surface area contributed by atoms with E-state index in [4.69, 9.17) is 16.3 Å². The number of benzene rings is 2. The lowest BCUT2D eigenvalue weighted by Gasteiger charge is -2.08. The molecule has 0 fully saturated rings. The molecule has 2 aromatic heterocycles. The zero-order valence-corrected chi connectivity index (χ0v) is 17.3. The molecule has 1 N–H and O–H groups in total. The zero-order chi connectivity index (χ0) is 20.6. The molecule has 5 nitrogen and oxygen atoms in total. The molecule has 4 aromatic rings. The molecule has 0 unspecified atom stereocenters. The molecule has 0 aliphatic carbocycles. The molecule has 0 aliphatic heterocycles. The van der Waals surface area contributed by atoms with Crippen LogP contribution in [0.5, 0.6) is 5.75 Å². The van der Waals surface area contributed by atoms with Crippen molar-refractivity contribution in [3.63, 3.8) is 0 Å². The summed E-state index contributed by atoms with van der Waals surface area (Å²) in [6.07, 6.45) is 7.87. The second-order valence-electron chi connectivity index (χ2n) is 7.16. The van der Waals surface area contributed by atoms with Crippen molar-refractivity contribution in [2.24, 2.45) is 0 Å². The summed E-state index contributed by atoms with van der Waals surface area (Å²) in [4.78, 5) is 4.53. The average molecular weight is 419 g/mol. The summed E-state index contributed by atoms with van der Waals surface area (Å²) in [6, 6.07) is 20.1. The van der Waals surface area contributed by atoms with Crippen molar-refractivity contribution < 1.29 is 4.74 Å². The molecule has 0 radical (unpaired) electrons. The summed E-state index contributed by atoms with van der Waals surface area (Å²) in [7, 11) is 0. The highest BCUT2D eigenvalue weighted by atomic mass is 35.5. The molecule has 2 aromatic carbocycles. The number of rotatable bonds is 9. The maximum atomic E-state index is 5.94. The van der Waals surface area contributed by atoms with Crippen molar-refractivity contribution in [2.45, 2.75) is 32.3 Å². The van der Waals surface area contributed by atoms with Crippen LogP contribution in [0.1, 0.15) is 29.7 Å². The minimum atomic E-state index is 0.491. The monoisotopic (exact) mass is 418 g/mol. The van der Waals surface area contributed by atoms with Gasteiger partial charge in [0.25, 0.3) is 0 Å². The van der Waals surface area contributed by atoms with Crippen LogP contribution in [0.2, 0.25) is 5.02 Å². The number of unbranched alkanes of at least 4 members (excludes halogenated alkanes) is 1. The maximum Gasteiger partial charge on any atom is 0.119 e. The number of pyridine rings is 1. The fourth-order valence-corrected chi connectivity index (χ4v) is 3.33. The zero-order valence-electron chi connectivity index (χ0n) is 16.6. The Morgan fingerprint density at radius 2 is 1.57 bits per heavy atom. The van der Waals surface area contributed by atoms with Crippen molar-refractivity contribution in [1.82, 2.24) is 20.4 Å². The molecule has 0 saturated carbocycles. The van der Waals surface area contributed by atoms with Crippen LogP contribution in [0.4, 0.5) is 0 Å². The summed E-state index contributed by atoms with van der Waals surface area (Å²) in [5, 5.41) is 11.3. The molecule has 0 saturated heterocycles. The lowest BCUT2D eigenvalue weighted by Crippen LogP contribution is -1.97. The number of aryl methyl sites for hydroxylation is 2. The molecule has 152 valence electrons. The molecule has 30 heavy (non-hydrogen) atoms. The summed E-state index contributed by atoms with van der Waals surface area (Å²) >= 11 is 5.94. The number of nitrogens with one attached hydrogen (secondary N) is 1. The van der Waals surface area contributed by atoms with Gasteiger partial charge in [0.1, 0.15) is 12.4 Å². The van der Waals surface area contributed by atoms with Gasteiger partial charge in [-0.15, -0.1) is 0 Å². The first kappa shape index (κ1) is 20.1. The Kier molecular flexibility index (Phi) is 6.72. The summed E-state index contributed by atoms with van der Waals surface area (Å²) in [5.74, 6) is 0.864. The third-order valence-corrected chi connectivity index (χ3v) is 5.16. The van der Waals surface area contributed by atoms with E-state index in [1.165, 1.54) is 5.56 Å². The Hall–Kier alpha value is -3.18. The van der Waals surface area contributed by atoms with Crippen LogP contribution < -0.4 is 4.74 Å². The molecule has 6 heteroatoms. The Balaban J connectivity index is 1.23. The molecular weight excluding hydrogens is 396 g/mol. The highest BCUT2D eigenvalue weighted by molar-refractivity contribution is 6.30. The molecule has 2 heterocycles. The molecule has 0 atom stereocenters. The first-order valence-electron chi connectivity index (χ1n) is 10.0. The minimum absolute atomic E-state index is 0.491. The summed E-state index contributed by atoms with van der Waals surface area (Å²) in [6.45, 7) is 0.491. The number of ether oxygens (including phenoxy) is 1. The quantitative estimate of drug-likeness (QED) is 0.356. The van der Waals surface area contributed by atoms with E-state index in [9.17, 15) is 0 Å². The van der Waals surface area contributed by atoms with Gasteiger partial charge in [-0.3, -0.25) is 4.98 Å².